The zero-order valence-corrected chi connectivity index (χ0v) is 12.3. The fraction of sp³-hybridized carbons (Fsp3) is 0.385. The predicted octanol–water partition coefficient (Wildman–Crippen LogP) is 2.73. The molecule has 0 fully saturated rings. The van der Waals surface area contributed by atoms with E-state index in [2.05, 4.69) is 5.32 Å². The summed E-state index contributed by atoms with van der Waals surface area (Å²) in [6.07, 6.45) is 1.10. The van der Waals surface area contributed by atoms with Crippen molar-refractivity contribution in [3.8, 4) is 0 Å². The summed E-state index contributed by atoms with van der Waals surface area (Å²) >= 11 is 10.9. The summed E-state index contributed by atoms with van der Waals surface area (Å²) in [5, 5.41) is 3.69. The standard InChI is InChI=1S/C13H17ClN2O2S/c1-2-18-12(17)4-3-7-16-9-5-6-10(13(15)19)11(14)8-9/h5-6,8,16H,2-4,7H2,1H3,(H2,15,19). The van der Waals surface area contributed by atoms with Crippen LogP contribution in [0.4, 0.5) is 5.69 Å². The highest BCUT2D eigenvalue weighted by Crippen LogP contribution is 2.20. The number of rotatable bonds is 7. The van der Waals surface area contributed by atoms with Crippen molar-refractivity contribution in [3.63, 3.8) is 0 Å². The summed E-state index contributed by atoms with van der Waals surface area (Å²) in [6, 6.07) is 5.39. The molecule has 0 aliphatic heterocycles. The van der Waals surface area contributed by atoms with Gasteiger partial charge in [-0.1, -0.05) is 23.8 Å². The molecule has 0 radical (unpaired) electrons. The number of carbonyl (C=O) groups excluding carboxylic acids is 1. The molecule has 4 nitrogen and oxygen atoms in total. The normalized spacial score (nSPS) is 10.0. The summed E-state index contributed by atoms with van der Waals surface area (Å²) in [5.41, 5.74) is 7.05. The minimum atomic E-state index is -0.175. The van der Waals surface area contributed by atoms with Crippen LogP contribution in [0, 0.1) is 0 Å². The van der Waals surface area contributed by atoms with E-state index in [9.17, 15) is 4.79 Å². The third-order valence-electron chi connectivity index (χ3n) is 2.43. The SMILES string of the molecule is CCOC(=O)CCCNc1ccc(C(N)=S)c(Cl)c1. The minimum absolute atomic E-state index is 0.175. The highest BCUT2D eigenvalue weighted by Gasteiger charge is 2.05. The summed E-state index contributed by atoms with van der Waals surface area (Å²) in [5.74, 6) is -0.175. The molecule has 0 unspecified atom stereocenters. The molecule has 0 amide bonds. The molecular weight excluding hydrogens is 284 g/mol. The fourth-order valence-electron chi connectivity index (χ4n) is 1.52. The van der Waals surface area contributed by atoms with Crippen LogP contribution in [0.25, 0.3) is 0 Å². The van der Waals surface area contributed by atoms with Gasteiger partial charge >= 0.3 is 5.97 Å². The maximum absolute atomic E-state index is 11.1. The van der Waals surface area contributed by atoms with Crippen LogP contribution in [-0.4, -0.2) is 24.1 Å². The molecule has 0 bridgehead atoms. The molecule has 0 aliphatic carbocycles. The molecule has 0 saturated carbocycles. The van der Waals surface area contributed by atoms with Crippen molar-refractivity contribution < 1.29 is 9.53 Å². The Hall–Kier alpha value is -1.33. The van der Waals surface area contributed by atoms with Crippen LogP contribution in [-0.2, 0) is 9.53 Å². The van der Waals surface area contributed by atoms with Crippen LogP contribution in [0.2, 0.25) is 5.02 Å². The first-order valence-electron chi connectivity index (χ1n) is 6.03. The molecule has 1 aromatic rings. The second-order valence-electron chi connectivity index (χ2n) is 3.89. The maximum atomic E-state index is 11.1. The Bertz CT molecular complexity index is 466. The summed E-state index contributed by atoms with van der Waals surface area (Å²) in [6.45, 7) is 2.88. The van der Waals surface area contributed by atoms with Crippen molar-refractivity contribution >= 4 is 40.5 Å². The van der Waals surface area contributed by atoms with Gasteiger partial charge in [0.25, 0.3) is 0 Å². The Kier molecular flexibility index (Phi) is 6.59. The lowest BCUT2D eigenvalue weighted by Gasteiger charge is -2.08. The van der Waals surface area contributed by atoms with Crippen molar-refractivity contribution in [3.05, 3.63) is 28.8 Å². The number of hydrogen-bond donors (Lipinski definition) is 2. The number of halogens is 1. The molecule has 1 rings (SSSR count). The molecule has 0 spiro atoms. The number of thiocarbonyl (C=S) groups is 1. The molecule has 0 atom stereocenters. The zero-order chi connectivity index (χ0) is 14.3. The van der Waals surface area contributed by atoms with E-state index in [1.165, 1.54) is 0 Å². The van der Waals surface area contributed by atoms with Gasteiger partial charge in [-0.15, -0.1) is 0 Å². The Balaban J connectivity index is 2.40. The van der Waals surface area contributed by atoms with Crippen LogP contribution in [0.5, 0.6) is 0 Å². The molecule has 19 heavy (non-hydrogen) atoms. The Morgan fingerprint density at radius 1 is 1.53 bits per heavy atom. The third kappa shape index (κ3) is 5.44. The monoisotopic (exact) mass is 300 g/mol. The maximum Gasteiger partial charge on any atom is 0.305 e. The Labute approximate surface area is 123 Å². The second-order valence-corrected chi connectivity index (χ2v) is 4.74. The van der Waals surface area contributed by atoms with Crippen LogP contribution in [0.1, 0.15) is 25.3 Å². The molecule has 104 valence electrons. The van der Waals surface area contributed by atoms with E-state index in [1.807, 2.05) is 6.07 Å². The van der Waals surface area contributed by atoms with Gasteiger partial charge < -0.3 is 15.8 Å². The molecule has 3 N–H and O–H groups in total. The van der Waals surface area contributed by atoms with Crippen LogP contribution < -0.4 is 11.1 Å². The van der Waals surface area contributed by atoms with E-state index >= 15 is 0 Å². The van der Waals surface area contributed by atoms with Crippen molar-refractivity contribution in [1.29, 1.82) is 0 Å². The summed E-state index contributed by atoms with van der Waals surface area (Å²) < 4.78 is 4.84. The van der Waals surface area contributed by atoms with E-state index in [0.717, 1.165) is 5.69 Å². The third-order valence-corrected chi connectivity index (χ3v) is 2.96. The quantitative estimate of drug-likeness (QED) is 0.460. The largest absolute Gasteiger partial charge is 0.466 e. The van der Waals surface area contributed by atoms with Gasteiger partial charge in [-0.05, 0) is 31.5 Å². The lowest BCUT2D eigenvalue weighted by molar-refractivity contribution is -0.143. The molecular formula is C13H17ClN2O2S. The van der Waals surface area contributed by atoms with E-state index in [4.69, 9.17) is 34.3 Å². The van der Waals surface area contributed by atoms with Gasteiger partial charge in [-0.25, -0.2) is 0 Å². The highest BCUT2D eigenvalue weighted by molar-refractivity contribution is 7.80. The average molecular weight is 301 g/mol. The topological polar surface area (TPSA) is 64.3 Å². The van der Waals surface area contributed by atoms with Gasteiger partial charge in [0.15, 0.2) is 0 Å². The van der Waals surface area contributed by atoms with Gasteiger partial charge in [0.1, 0.15) is 4.99 Å². The molecule has 0 saturated heterocycles. The fourth-order valence-corrected chi connectivity index (χ4v) is 2.04. The first kappa shape index (κ1) is 15.7. The van der Waals surface area contributed by atoms with E-state index in [-0.39, 0.29) is 11.0 Å². The second kappa shape index (κ2) is 7.96. The molecule has 1 aromatic carbocycles. The number of ether oxygens (including phenoxy) is 1. The number of anilines is 1. The first-order valence-corrected chi connectivity index (χ1v) is 6.82. The number of benzene rings is 1. The lowest BCUT2D eigenvalue weighted by Crippen LogP contribution is -2.11. The number of carbonyl (C=O) groups is 1. The summed E-state index contributed by atoms with van der Waals surface area (Å²) in [4.78, 5) is 11.4. The smallest absolute Gasteiger partial charge is 0.305 e. The number of esters is 1. The van der Waals surface area contributed by atoms with Gasteiger partial charge in [-0.3, -0.25) is 4.79 Å². The Morgan fingerprint density at radius 3 is 2.84 bits per heavy atom. The minimum Gasteiger partial charge on any atom is -0.466 e. The number of hydrogen-bond acceptors (Lipinski definition) is 4. The van der Waals surface area contributed by atoms with Gasteiger partial charge in [0.05, 0.1) is 11.6 Å². The molecule has 6 heteroatoms. The molecule has 0 aliphatic rings. The van der Waals surface area contributed by atoms with Gasteiger partial charge in [0, 0.05) is 24.2 Å². The highest BCUT2D eigenvalue weighted by atomic mass is 35.5. The Morgan fingerprint density at radius 2 is 2.26 bits per heavy atom. The first-order chi connectivity index (χ1) is 9.04. The molecule has 0 aromatic heterocycles. The van der Waals surface area contributed by atoms with E-state index < -0.39 is 0 Å². The zero-order valence-electron chi connectivity index (χ0n) is 10.7. The number of nitrogens with two attached hydrogens (primary N) is 1. The molecule has 0 heterocycles. The van der Waals surface area contributed by atoms with E-state index in [1.54, 1.807) is 19.1 Å². The summed E-state index contributed by atoms with van der Waals surface area (Å²) in [7, 11) is 0. The number of nitrogens with one attached hydrogen (secondary N) is 1. The van der Waals surface area contributed by atoms with Crippen LogP contribution in [0.3, 0.4) is 0 Å². The lowest BCUT2D eigenvalue weighted by atomic mass is 10.2. The predicted molar refractivity (Wildman–Crippen MR) is 81.7 cm³/mol. The average Bonchev–Trinajstić information content (AvgIpc) is 2.34. The van der Waals surface area contributed by atoms with Crippen molar-refractivity contribution in [2.45, 2.75) is 19.8 Å². The van der Waals surface area contributed by atoms with E-state index in [0.29, 0.717) is 36.6 Å². The van der Waals surface area contributed by atoms with Crippen molar-refractivity contribution in [2.24, 2.45) is 5.73 Å². The van der Waals surface area contributed by atoms with Gasteiger partial charge in [-0.2, -0.15) is 0 Å². The van der Waals surface area contributed by atoms with Crippen LogP contribution >= 0.6 is 23.8 Å². The van der Waals surface area contributed by atoms with Crippen molar-refractivity contribution in [2.75, 3.05) is 18.5 Å². The van der Waals surface area contributed by atoms with Crippen LogP contribution in [0.15, 0.2) is 18.2 Å². The van der Waals surface area contributed by atoms with Gasteiger partial charge in [0.2, 0.25) is 0 Å². The van der Waals surface area contributed by atoms with Crippen molar-refractivity contribution in [1.82, 2.24) is 0 Å².